The number of benzene rings is 1. The maximum atomic E-state index is 11.3. The van der Waals surface area contributed by atoms with Crippen LogP contribution in [0.2, 0.25) is 0 Å². The lowest BCUT2D eigenvalue weighted by Gasteiger charge is -2.22. The van der Waals surface area contributed by atoms with Crippen molar-refractivity contribution in [3.8, 4) is 0 Å². The molecule has 0 spiro atoms. The van der Waals surface area contributed by atoms with Gasteiger partial charge in [0.2, 0.25) is 0 Å². The molecule has 1 saturated heterocycles. The van der Waals surface area contributed by atoms with E-state index in [2.05, 4.69) is 5.32 Å². The molecule has 3 rings (SSSR count). The zero-order valence-corrected chi connectivity index (χ0v) is 11.1. The fourth-order valence-corrected chi connectivity index (χ4v) is 2.88. The minimum absolute atomic E-state index is 0.242. The lowest BCUT2D eigenvalue weighted by atomic mass is 10.0. The topological polar surface area (TPSA) is 58.6 Å². The van der Waals surface area contributed by atoms with Crippen molar-refractivity contribution in [3.63, 3.8) is 0 Å². The van der Waals surface area contributed by atoms with Crippen LogP contribution in [0.5, 0.6) is 0 Å². The summed E-state index contributed by atoms with van der Waals surface area (Å²) in [7, 11) is 0. The third-order valence-electron chi connectivity index (χ3n) is 4.06. The highest BCUT2D eigenvalue weighted by molar-refractivity contribution is 5.95. The van der Waals surface area contributed by atoms with Crippen molar-refractivity contribution in [1.82, 2.24) is 0 Å². The van der Waals surface area contributed by atoms with Gasteiger partial charge in [0.05, 0.1) is 23.4 Å². The average molecular weight is 261 g/mol. The Labute approximate surface area is 112 Å². The summed E-state index contributed by atoms with van der Waals surface area (Å²) in [5.41, 5.74) is 2.07. The van der Waals surface area contributed by atoms with Crippen LogP contribution in [0.4, 0.5) is 5.69 Å². The molecule has 1 aromatic rings. The summed E-state index contributed by atoms with van der Waals surface area (Å²) in [4.78, 5) is 11.3. The molecule has 4 nitrogen and oxygen atoms in total. The Kier molecular flexibility index (Phi) is 3.19. The summed E-state index contributed by atoms with van der Waals surface area (Å²) in [6.45, 7) is 2.71. The molecular weight excluding hydrogens is 242 g/mol. The monoisotopic (exact) mass is 261 g/mol. The number of nitrogens with one attached hydrogen (secondary N) is 1. The molecule has 1 heterocycles. The SMILES string of the molecule is Cc1cccc(C(=O)O)c1NC1CCOC1C1CC1. The van der Waals surface area contributed by atoms with Crippen LogP contribution in [-0.2, 0) is 4.74 Å². The molecule has 2 fully saturated rings. The van der Waals surface area contributed by atoms with Gasteiger partial charge in [0.1, 0.15) is 0 Å². The number of ether oxygens (including phenoxy) is 1. The molecule has 2 N–H and O–H groups in total. The Morgan fingerprint density at radius 3 is 2.84 bits per heavy atom. The minimum atomic E-state index is -0.881. The molecule has 2 aliphatic rings. The number of rotatable bonds is 4. The van der Waals surface area contributed by atoms with E-state index in [1.165, 1.54) is 12.8 Å². The molecule has 0 radical (unpaired) electrons. The molecule has 1 aromatic carbocycles. The molecule has 0 amide bonds. The number of hydrogen-bond donors (Lipinski definition) is 2. The quantitative estimate of drug-likeness (QED) is 0.875. The molecular formula is C15H19NO3. The lowest BCUT2D eigenvalue weighted by Crippen LogP contribution is -2.31. The van der Waals surface area contributed by atoms with Crippen LogP contribution in [0.3, 0.4) is 0 Å². The van der Waals surface area contributed by atoms with E-state index in [1.807, 2.05) is 13.0 Å². The number of carbonyl (C=O) groups is 1. The fraction of sp³-hybridized carbons (Fsp3) is 0.533. The Morgan fingerprint density at radius 2 is 2.16 bits per heavy atom. The summed E-state index contributed by atoms with van der Waals surface area (Å²) >= 11 is 0. The average Bonchev–Trinajstić information content (AvgIpc) is 3.12. The van der Waals surface area contributed by atoms with E-state index in [1.54, 1.807) is 12.1 Å². The second-order valence-corrected chi connectivity index (χ2v) is 5.51. The molecule has 0 bridgehead atoms. The van der Waals surface area contributed by atoms with Crippen molar-refractivity contribution in [2.75, 3.05) is 11.9 Å². The molecule has 4 heteroatoms. The molecule has 19 heavy (non-hydrogen) atoms. The van der Waals surface area contributed by atoms with Crippen molar-refractivity contribution in [1.29, 1.82) is 0 Å². The van der Waals surface area contributed by atoms with Crippen LogP contribution in [-0.4, -0.2) is 29.8 Å². The number of aryl methyl sites for hydroxylation is 1. The van der Waals surface area contributed by atoms with E-state index in [0.717, 1.165) is 24.3 Å². The van der Waals surface area contributed by atoms with Gasteiger partial charge in [-0.1, -0.05) is 12.1 Å². The first-order chi connectivity index (χ1) is 9.16. The first kappa shape index (κ1) is 12.5. The molecule has 102 valence electrons. The number of anilines is 1. The maximum Gasteiger partial charge on any atom is 0.337 e. The van der Waals surface area contributed by atoms with Crippen LogP contribution in [0, 0.1) is 12.8 Å². The van der Waals surface area contributed by atoms with Gasteiger partial charge in [0.25, 0.3) is 0 Å². The predicted molar refractivity (Wildman–Crippen MR) is 72.6 cm³/mol. The summed E-state index contributed by atoms with van der Waals surface area (Å²) in [5.74, 6) is -0.217. The van der Waals surface area contributed by atoms with E-state index in [0.29, 0.717) is 11.5 Å². The number of carboxylic acids is 1. The number of hydrogen-bond acceptors (Lipinski definition) is 3. The van der Waals surface area contributed by atoms with E-state index in [-0.39, 0.29) is 12.1 Å². The highest BCUT2D eigenvalue weighted by atomic mass is 16.5. The molecule has 1 aliphatic carbocycles. The third kappa shape index (κ3) is 2.45. The van der Waals surface area contributed by atoms with Crippen molar-refractivity contribution >= 4 is 11.7 Å². The summed E-state index contributed by atoms with van der Waals surface area (Å²) in [5, 5.41) is 12.7. The van der Waals surface area contributed by atoms with Gasteiger partial charge < -0.3 is 15.2 Å². The zero-order valence-electron chi connectivity index (χ0n) is 11.1. The number of para-hydroxylation sites is 1. The van der Waals surface area contributed by atoms with Gasteiger partial charge in [0, 0.05) is 6.61 Å². The molecule has 0 aromatic heterocycles. The van der Waals surface area contributed by atoms with Crippen LogP contribution in [0.1, 0.15) is 35.2 Å². The van der Waals surface area contributed by atoms with Gasteiger partial charge in [-0.15, -0.1) is 0 Å². The summed E-state index contributed by atoms with van der Waals surface area (Å²) in [6.07, 6.45) is 3.68. The summed E-state index contributed by atoms with van der Waals surface area (Å²) in [6, 6.07) is 5.62. The van der Waals surface area contributed by atoms with Gasteiger partial charge in [-0.2, -0.15) is 0 Å². The first-order valence-corrected chi connectivity index (χ1v) is 6.88. The predicted octanol–water partition coefficient (Wildman–Crippen LogP) is 2.67. The van der Waals surface area contributed by atoms with Crippen LogP contribution in [0.15, 0.2) is 18.2 Å². The number of aromatic carboxylic acids is 1. The van der Waals surface area contributed by atoms with Crippen LogP contribution < -0.4 is 5.32 Å². The van der Waals surface area contributed by atoms with Crippen LogP contribution >= 0.6 is 0 Å². The maximum absolute atomic E-state index is 11.3. The van der Waals surface area contributed by atoms with Crippen LogP contribution in [0.25, 0.3) is 0 Å². The highest BCUT2D eigenvalue weighted by Crippen LogP contribution is 2.40. The normalized spacial score (nSPS) is 26.4. The first-order valence-electron chi connectivity index (χ1n) is 6.88. The second-order valence-electron chi connectivity index (χ2n) is 5.51. The highest BCUT2D eigenvalue weighted by Gasteiger charge is 2.40. The summed E-state index contributed by atoms with van der Waals surface area (Å²) < 4.78 is 5.79. The van der Waals surface area contributed by atoms with Gasteiger partial charge in [-0.3, -0.25) is 0 Å². The standard InChI is InChI=1S/C15H19NO3/c1-9-3-2-4-11(15(17)18)13(9)16-12-7-8-19-14(12)10-5-6-10/h2-4,10,12,14,16H,5-8H2,1H3,(H,17,18). The Hall–Kier alpha value is -1.55. The van der Waals surface area contributed by atoms with E-state index in [9.17, 15) is 9.90 Å². The van der Waals surface area contributed by atoms with Crippen molar-refractivity contribution in [3.05, 3.63) is 29.3 Å². The smallest absolute Gasteiger partial charge is 0.337 e. The van der Waals surface area contributed by atoms with Crippen molar-refractivity contribution < 1.29 is 14.6 Å². The van der Waals surface area contributed by atoms with E-state index < -0.39 is 5.97 Å². The molecule has 1 aliphatic heterocycles. The van der Waals surface area contributed by atoms with E-state index >= 15 is 0 Å². The fourth-order valence-electron chi connectivity index (χ4n) is 2.88. The largest absolute Gasteiger partial charge is 0.478 e. The van der Waals surface area contributed by atoms with Gasteiger partial charge in [-0.05, 0) is 43.7 Å². The molecule has 2 atom stereocenters. The number of carboxylic acid groups (broad SMARTS) is 1. The molecule has 1 saturated carbocycles. The minimum Gasteiger partial charge on any atom is -0.478 e. The Morgan fingerprint density at radius 1 is 1.37 bits per heavy atom. The van der Waals surface area contributed by atoms with Crippen molar-refractivity contribution in [2.45, 2.75) is 38.3 Å². The Bertz CT molecular complexity index is 496. The van der Waals surface area contributed by atoms with Crippen molar-refractivity contribution in [2.24, 2.45) is 5.92 Å². The second kappa shape index (κ2) is 4.85. The Balaban J connectivity index is 1.84. The van der Waals surface area contributed by atoms with Gasteiger partial charge in [0.15, 0.2) is 0 Å². The van der Waals surface area contributed by atoms with Gasteiger partial charge >= 0.3 is 5.97 Å². The van der Waals surface area contributed by atoms with Gasteiger partial charge in [-0.25, -0.2) is 4.79 Å². The lowest BCUT2D eigenvalue weighted by molar-refractivity contribution is 0.0697. The van der Waals surface area contributed by atoms with E-state index in [4.69, 9.17) is 4.74 Å². The zero-order chi connectivity index (χ0) is 13.4. The molecule has 2 unspecified atom stereocenters. The third-order valence-corrected chi connectivity index (χ3v) is 4.06.